The third-order valence-corrected chi connectivity index (χ3v) is 4.91. The van der Waals surface area contributed by atoms with Crippen LogP contribution in [0.4, 0.5) is 0 Å². The minimum atomic E-state index is -0.565. The van der Waals surface area contributed by atoms with Crippen molar-refractivity contribution in [1.82, 2.24) is 5.32 Å². The summed E-state index contributed by atoms with van der Waals surface area (Å²) in [5.41, 5.74) is 2.71. The fourth-order valence-electron chi connectivity index (χ4n) is 2.48. The van der Waals surface area contributed by atoms with Gasteiger partial charge >= 0.3 is 0 Å². The van der Waals surface area contributed by atoms with Crippen molar-refractivity contribution in [3.63, 3.8) is 0 Å². The van der Waals surface area contributed by atoms with E-state index in [-0.39, 0.29) is 0 Å². The monoisotopic (exact) mass is 251 g/mol. The first-order valence-electron chi connectivity index (χ1n) is 6.33. The zero-order valence-electron chi connectivity index (χ0n) is 10.6. The van der Waals surface area contributed by atoms with Crippen molar-refractivity contribution in [3.8, 4) is 0 Å². The summed E-state index contributed by atoms with van der Waals surface area (Å²) in [6, 6.07) is 9.43. The van der Waals surface area contributed by atoms with Gasteiger partial charge in [0, 0.05) is 34.4 Å². The smallest absolute Gasteiger partial charge is 0.0296 e. The van der Waals surface area contributed by atoms with Crippen LogP contribution in [0.2, 0.25) is 0 Å². The second-order valence-electron chi connectivity index (χ2n) is 4.87. The first-order chi connectivity index (χ1) is 8.16. The van der Waals surface area contributed by atoms with Gasteiger partial charge in [0.15, 0.2) is 0 Å². The summed E-state index contributed by atoms with van der Waals surface area (Å²) in [5, 5.41) is 3.66. The molecule has 1 atom stereocenters. The van der Waals surface area contributed by atoms with Crippen molar-refractivity contribution in [3.05, 3.63) is 35.4 Å². The Morgan fingerprint density at radius 3 is 2.59 bits per heavy atom. The van der Waals surface area contributed by atoms with Crippen LogP contribution >= 0.6 is 0 Å². The van der Waals surface area contributed by atoms with Crippen LogP contribution in [0.3, 0.4) is 0 Å². The summed E-state index contributed by atoms with van der Waals surface area (Å²) in [6.07, 6.45) is 2.09. The average molecular weight is 251 g/mol. The Labute approximate surface area is 106 Å². The van der Waals surface area contributed by atoms with E-state index >= 15 is 0 Å². The molecule has 3 heteroatoms. The first-order valence-corrected chi connectivity index (χ1v) is 7.82. The molecule has 2 rings (SSSR count). The second kappa shape index (κ2) is 5.78. The molecule has 1 heterocycles. The second-order valence-corrected chi connectivity index (χ2v) is 6.56. The Bertz CT molecular complexity index is 395. The highest BCUT2D eigenvalue weighted by Crippen LogP contribution is 2.19. The van der Waals surface area contributed by atoms with Gasteiger partial charge in [0.2, 0.25) is 0 Å². The van der Waals surface area contributed by atoms with Crippen LogP contribution < -0.4 is 5.32 Å². The highest BCUT2D eigenvalue weighted by molar-refractivity contribution is 7.85. The van der Waals surface area contributed by atoms with Gasteiger partial charge < -0.3 is 5.32 Å². The fourth-order valence-corrected chi connectivity index (χ4v) is 3.78. The lowest BCUT2D eigenvalue weighted by molar-refractivity contribution is 0.426. The van der Waals surface area contributed by atoms with E-state index in [1.165, 1.54) is 11.1 Å². The van der Waals surface area contributed by atoms with E-state index in [9.17, 15) is 4.21 Å². The predicted molar refractivity (Wildman–Crippen MR) is 73.6 cm³/mol. The third kappa shape index (κ3) is 3.39. The Hall–Kier alpha value is -0.670. The lowest BCUT2D eigenvalue weighted by Crippen LogP contribution is -2.37. The van der Waals surface area contributed by atoms with Gasteiger partial charge in [-0.2, -0.15) is 0 Å². The quantitative estimate of drug-likeness (QED) is 0.894. The SMILES string of the molecule is Cc1ccccc1[C@@H](C)NC1CCS(=O)CC1. The molecule has 0 amide bonds. The summed E-state index contributed by atoms with van der Waals surface area (Å²) < 4.78 is 11.3. The molecule has 0 radical (unpaired) electrons. The van der Waals surface area contributed by atoms with Gasteiger partial charge in [-0.15, -0.1) is 0 Å². The number of benzene rings is 1. The largest absolute Gasteiger partial charge is 0.307 e. The molecule has 0 unspecified atom stereocenters. The molecule has 1 aliphatic heterocycles. The molecular formula is C14H21NOS. The van der Waals surface area contributed by atoms with Crippen LogP contribution in [0.15, 0.2) is 24.3 Å². The molecule has 17 heavy (non-hydrogen) atoms. The summed E-state index contributed by atoms with van der Waals surface area (Å²) in [6.45, 7) is 4.37. The normalized spacial score (nSPS) is 26.7. The molecule has 0 bridgehead atoms. The van der Waals surface area contributed by atoms with E-state index < -0.39 is 10.8 Å². The molecule has 0 saturated carbocycles. The Kier molecular flexibility index (Phi) is 4.35. The molecule has 1 N–H and O–H groups in total. The number of nitrogens with one attached hydrogen (secondary N) is 1. The van der Waals surface area contributed by atoms with Crippen molar-refractivity contribution in [2.24, 2.45) is 0 Å². The van der Waals surface area contributed by atoms with E-state index in [0.717, 1.165) is 24.3 Å². The minimum Gasteiger partial charge on any atom is -0.307 e. The van der Waals surface area contributed by atoms with Crippen molar-refractivity contribution >= 4 is 10.8 Å². The fraction of sp³-hybridized carbons (Fsp3) is 0.571. The van der Waals surface area contributed by atoms with Gasteiger partial charge in [-0.1, -0.05) is 24.3 Å². The summed E-state index contributed by atoms with van der Waals surface area (Å²) >= 11 is 0. The molecular weight excluding hydrogens is 230 g/mol. The average Bonchev–Trinajstić information content (AvgIpc) is 2.32. The van der Waals surface area contributed by atoms with Crippen molar-refractivity contribution in [2.75, 3.05) is 11.5 Å². The van der Waals surface area contributed by atoms with Gasteiger partial charge in [-0.3, -0.25) is 4.21 Å². The summed E-state index contributed by atoms with van der Waals surface area (Å²) in [4.78, 5) is 0. The first kappa shape index (κ1) is 12.8. The number of aryl methyl sites for hydroxylation is 1. The van der Waals surface area contributed by atoms with Crippen LogP contribution in [-0.4, -0.2) is 21.8 Å². The van der Waals surface area contributed by atoms with Crippen molar-refractivity contribution in [2.45, 2.75) is 38.8 Å². The Morgan fingerprint density at radius 2 is 1.94 bits per heavy atom. The highest BCUT2D eigenvalue weighted by atomic mass is 32.2. The zero-order chi connectivity index (χ0) is 12.3. The lowest BCUT2D eigenvalue weighted by atomic mass is 10.0. The van der Waals surface area contributed by atoms with Crippen LogP contribution in [-0.2, 0) is 10.8 Å². The molecule has 1 aliphatic rings. The van der Waals surface area contributed by atoms with E-state index in [1.807, 2.05) is 0 Å². The Balaban J connectivity index is 1.95. The van der Waals surface area contributed by atoms with E-state index in [2.05, 4.69) is 43.4 Å². The molecule has 0 aliphatic carbocycles. The predicted octanol–water partition coefficient (Wildman–Crippen LogP) is 2.56. The van der Waals surface area contributed by atoms with Crippen molar-refractivity contribution < 1.29 is 4.21 Å². The van der Waals surface area contributed by atoms with Crippen LogP contribution in [0, 0.1) is 6.92 Å². The van der Waals surface area contributed by atoms with Gasteiger partial charge in [0.25, 0.3) is 0 Å². The minimum absolute atomic E-state index is 0.382. The third-order valence-electron chi connectivity index (χ3n) is 3.53. The number of hydrogen-bond donors (Lipinski definition) is 1. The van der Waals surface area contributed by atoms with Gasteiger partial charge in [0.1, 0.15) is 0 Å². The molecule has 1 aromatic rings. The lowest BCUT2D eigenvalue weighted by Gasteiger charge is -2.27. The van der Waals surface area contributed by atoms with Gasteiger partial charge in [-0.25, -0.2) is 0 Å². The zero-order valence-corrected chi connectivity index (χ0v) is 11.4. The molecule has 1 fully saturated rings. The molecule has 0 aromatic heterocycles. The molecule has 1 saturated heterocycles. The maximum absolute atomic E-state index is 11.3. The van der Waals surface area contributed by atoms with Crippen LogP contribution in [0.5, 0.6) is 0 Å². The maximum atomic E-state index is 11.3. The van der Waals surface area contributed by atoms with E-state index in [4.69, 9.17) is 0 Å². The van der Waals surface area contributed by atoms with Crippen LogP contribution in [0.1, 0.15) is 36.9 Å². The number of hydrogen-bond acceptors (Lipinski definition) is 2. The summed E-state index contributed by atoms with van der Waals surface area (Å²) in [5.74, 6) is 1.72. The Morgan fingerprint density at radius 1 is 1.29 bits per heavy atom. The maximum Gasteiger partial charge on any atom is 0.0296 e. The molecule has 0 spiro atoms. The van der Waals surface area contributed by atoms with Gasteiger partial charge in [-0.05, 0) is 37.8 Å². The van der Waals surface area contributed by atoms with E-state index in [1.54, 1.807) is 0 Å². The molecule has 1 aromatic carbocycles. The highest BCUT2D eigenvalue weighted by Gasteiger charge is 2.20. The number of rotatable bonds is 3. The summed E-state index contributed by atoms with van der Waals surface area (Å²) in [7, 11) is -0.565. The van der Waals surface area contributed by atoms with Gasteiger partial charge in [0.05, 0.1) is 0 Å². The topological polar surface area (TPSA) is 29.1 Å². The molecule has 94 valence electrons. The van der Waals surface area contributed by atoms with Crippen molar-refractivity contribution in [1.29, 1.82) is 0 Å². The molecule has 2 nitrogen and oxygen atoms in total. The standard InChI is InChI=1S/C14H21NOS/c1-11-5-3-4-6-14(11)12(2)15-13-7-9-17(16)10-8-13/h3-6,12-13,15H,7-10H2,1-2H3/t12-,13?,17?/m1/s1. The van der Waals surface area contributed by atoms with Crippen LogP contribution in [0.25, 0.3) is 0 Å². The van der Waals surface area contributed by atoms with E-state index in [0.29, 0.717) is 12.1 Å².